The molecular formula is C11H9F6NO. The molecule has 8 heteroatoms. The third-order valence-electron chi connectivity index (χ3n) is 2.24. The van der Waals surface area contributed by atoms with Crippen molar-refractivity contribution >= 4 is 5.91 Å². The number of carbonyl (C=O) groups is 1. The summed E-state index contributed by atoms with van der Waals surface area (Å²) in [7, 11) is 2.46. The van der Waals surface area contributed by atoms with E-state index >= 15 is 0 Å². The first kappa shape index (κ1) is 15.3. The van der Waals surface area contributed by atoms with Gasteiger partial charge in [-0.15, -0.1) is 0 Å². The van der Waals surface area contributed by atoms with Gasteiger partial charge in [0.25, 0.3) is 5.91 Å². The van der Waals surface area contributed by atoms with Gasteiger partial charge in [-0.05, 0) is 18.2 Å². The topological polar surface area (TPSA) is 20.3 Å². The van der Waals surface area contributed by atoms with Crippen molar-refractivity contribution in [3.8, 4) is 0 Å². The number of carbonyl (C=O) groups excluding carboxylic acids is 1. The van der Waals surface area contributed by atoms with E-state index in [1.807, 2.05) is 0 Å². The van der Waals surface area contributed by atoms with Crippen molar-refractivity contribution in [3.05, 3.63) is 34.9 Å². The molecule has 0 atom stereocenters. The van der Waals surface area contributed by atoms with Crippen molar-refractivity contribution in [1.29, 1.82) is 0 Å². The molecule has 0 spiro atoms. The Morgan fingerprint density at radius 2 is 1.26 bits per heavy atom. The van der Waals surface area contributed by atoms with E-state index < -0.39 is 35.0 Å². The summed E-state index contributed by atoms with van der Waals surface area (Å²) in [6, 6.07) is 0.779. The number of nitrogens with zero attached hydrogens (tertiary/aromatic N) is 1. The number of hydrogen-bond acceptors (Lipinski definition) is 1. The minimum atomic E-state index is -4.96. The van der Waals surface area contributed by atoms with Gasteiger partial charge >= 0.3 is 12.4 Å². The largest absolute Gasteiger partial charge is 0.416 e. The van der Waals surface area contributed by atoms with Crippen LogP contribution in [0.4, 0.5) is 26.3 Å². The fraction of sp³-hybridized carbons (Fsp3) is 0.364. The molecule has 0 aliphatic carbocycles. The molecule has 0 aliphatic heterocycles. The van der Waals surface area contributed by atoms with Crippen LogP contribution in [-0.4, -0.2) is 24.9 Å². The van der Waals surface area contributed by atoms with Gasteiger partial charge in [0.15, 0.2) is 0 Å². The van der Waals surface area contributed by atoms with Crippen LogP contribution in [0.25, 0.3) is 0 Å². The smallest absolute Gasteiger partial charge is 0.345 e. The summed E-state index contributed by atoms with van der Waals surface area (Å²) in [5.74, 6) is -0.934. The molecule has 0 heterocycles. The van der Waals surface area contributed by atoms with Gasteiger partial charge in [-0.2, -0.15) is 26.3 Å². The second-order valence-corrected chi connectivity index (χ2v) is 3.99. The molecule has 0 aromatic heterocycles. The first-order valence-electron chi connectivity index (χ1n) is 4.94. The molecule has 0 fully saturated rings. The van der Waals surface area contributed by atoms with Crippen LogP contribution >= 0.6 is 0 Å². The molecule has 106 valence electrons. The van der Waals surface area contributed by atoms with Gasteiger partial charge in [-0.3, -0.25) is 4.79 Å². The second-order valence-electron chi connectivity index (χ2n) is 3.99. The molecule has 0 aliphatic rings. The number of alkyl halides is 6. The molecule has 0 radical (unpaired) electrons. The van der Waals surface area contributed by atoms with E-state index in [4.69, 9.17) is 0 Å². The van der Waals surface area contributed by atoms with Crippen molar-refractivity contribution in [2.24, 2.45) is 0 Å². The van der Waals surface area contributed by atoms with Crippen molar-refractivity contribution in [2.45, 2.75) is 12.4 Å². The Kier molecular flexibility index (Phi) is 3.83. The molecule has 2 nitrogen and oxygen atoms in total. The average molecular weight is 285 g/mol. The van der Waals surface area contributed by atoms with Gasteiger partial charge < -0.3 is 4.90 Å². The highest BCUT2D eigenvalue weighted by Crippen LogP contribution is 2.36. The van der Waals surface area contributed by atoms with Crippen LogP contribution in [0.5, 0.6) is 0 Å². The summed E-state index contributed by atoms with van der Waals surface area (Å²) >= 11 is 0. The fourth-order valence-corrected chi connectivity index (χ4v) is 1.34. The monoisotopic (exact) mass is 285 g/mol. The standard InChI is InChI=1S/C11H9F6NO/c1-18(2)9(19)6-3-7(10(12,13)14)5-8(4-6)11(15,16)17/h3-5H,1-2H3. The summed E-state index contributed by atoms with van der Waals surface area (Å²) in [6.07, 6.45) is -9.91. The van der Waals surface area contributed by atoms with E-state index in [0.29, 0.717) is 12.1 Å². The highest BCUT2D eigenvalue weighted by Gasteiger charge is 2.37. The lowest BCUT2D eigenvalue weighted by Gasteiger charge is -2.16. The SMILES string of the molecule is CN(C)C(=O)c1cc(C(F)(F)F)cc(C(F)(F)F)c1. The molecular weight excluding hydrogens is 276 g/mol. The Bertz CT molecular complexity index is 457. The van der Waals surface area contributed by atoms with E-state index in [1.165, 1.54) is 14.1 Å². The Hall–Kier alpha value is -1.73. The van der Waals surface area contributed by atoms with Gasteiger partial charge in [0, 0.05) is 19.7 Å². The minimum Gasteiger partial charge on any atom is -0.345 e. The van der Waals surface area contributed by atoms with Crippen molar-refractivity contribution in [1.82, 2.24) is 4.90 Å². The second kappa shape index (κ2) is 4.75. The van der Waals surface area contributed by atoms with Gasteiger partial charge in [0.05, 0.1) is 11.1 Å². The summed E-state index contributed by atoms with van der Waals surface area (Å²) in [4.78, 5) is 12.4. The zero-order chi connectivity index (χ0) is 15.0. The van der Waals surface area contributed by atoms with Crippen molar-refractivity contribution < 1.29 is 31.1 Å². The first-order valence-corrected chi connectivity index (χ1v) is 4.94. The number of amides is 1. The fourth-order valence-electron chi connectivity index (χ4n) is 1.34. The maximum absolute atomic E-state index is 12.5. The maximum Gasteiger partial charge on any atom is 0.416 e. The van der Waals surface area contributed by atoms with E-state index in [2.05, 4.69) is 0 Å². The maximum atomic E-state index is 12.5. The Balaban J connectivity index is 3.46. The van der Waals surface area contributed by atoms with Crippen molar-refractivity contribution in [3.63, 3.8) is 0 Å². The Labute approximate surface area is 104 Å². The molecule has 1 aromatic carbocycles. The number of halogens is 6. The zero-order valence-electron chi connectivity index (χ0n) is 9.86. The molecule has 0 saturated heterocycles. The molecule has 0 bridgehead atoms. The summed E-state index contributed by atoms with van der Waals surface area (Å²) < 4.78 is 75.0. The summed E-state index contributed by atoms with van der Waals surface area (Å²) in [5, 5.41) is 0. The molecule has 1 aromatic rings. The van der Waals surface area contributed by atoms with E-state index in [0.717, 1.165) is 4.90 Å². The lowest BCUT2D eigenvalue weighted by molar-refractivity contribution is -0.143. The van der Waals surface area contributed by atoms with Gasteiger partial charge in [-0.25, -0.2) is 0 Å². The van der Waals surface area contributed by atoms with E-state index in [-0.39, 0.29) is 6.07 Å². The molecule has 1 rings (SSSR count). The van der Waals surface area contributed by atoms with Crippen LogP contribution in [0, 0.1) is 0 Å². The van der Waals surface area contributed by atoms with Crippen molar-refractivity contribution in [2.75, 3.05) is 14.1 Å². The summed E-state index contributed by atoms with van der Waals surface area (Å²) in [5.41, 5.74) is -3.67. The predicted molar refractivity (Wildman–Crippen MR) is 54.5 cm³/mol. The number of rotatable bonds is 1. The van der Waals surface area contributed by atoms with Gasteiger partial charge in [0.1, 0.15) is 0 Å². The number of benzene rings is 1. The summed E-state index contributed by atoms with van der Waals surface area (Å²) in [6.45, 7) is 0. The lowest BCUT2D eigenvalue weighted by Crippen LogP contribution is -2.23. The van der Waals surface area contributed by atoms with Crippen LogP contribution in [0.2, 0.25) is 0 Å². The minimum absolute atomic E-state index is 0.0214. The van der Waals surface area contributed by atoms with E-state index in [1.54, 1.807) is 0 Å². The predicted octanol–water partition coefficient (Wildman–Crippen LogP) is 3.43. The molecule has 1 amide bonds. The lowest BCUT2D eigenvalue weighted by atomic mass is 10.0. The molecule has 19 heavy (non-hydrogen) atoms. The zero-order valence-corrected chi connectivity index (χ0v) is 9.86. The quantitative estimate of drug-likeness (QED) is 0.724. The average Bonchev–Trinajstić information content (AvgIpc) is 2.24. The molecule has 0 saturated carbocycles. The van der Waals surface area contributed by atoms with Crippen LogP contribution in [0.1, 0.15) is 21.5 Å². The molecule has 0 unspecified atom stereocenters. The van der Waals surface area contributed by atoms with Crippen LogP contribution in [-0.2, 0) is 12.4 Å². The first-order chi connectivity index (χ1) is 8.43. The van der Waals surface area contributed by atoms with Gasteiger partial charge in [0.2, 0.25) is 0 Å². The van der Waals surface area contributed by atoms with Crippen LogP contribution in [0.15, 0.2) is 18.2 Å². The third kappa shape index (κ3) is 3.62. The van der Waals surface area contributed by atoms with Crippen LogP contribution < -0.4 is 0 Å². The molecule has 0 N–H and O–H groups in total. The normalized spacial score (nSPS) is 12.4. The Morgan fingerprint density at radius 1 is 0.895 bits per heavy atom. The van der Waals surface area contributed by atoms with E-state index in [9.17, 15) is 31.1 Å². The highest BCUT2D eigenvalue weighted by molar-refractivity contribution is 5.94. The number of hydrogen-bond donors (Lipinski definition) is 0. The third-order valence-corrected chi connectivity index (χ3v) is 2.24. The van der Waals surface area contributed by atoms with Gasteiger partial charge in [-0.1, -0.05) is 0 Å². The highest BCUT2D eigenvalue weighted by atomic mass is 19.4. The van der Waals surface area contributed by atoms with Crippen LogP contribution in [0.3, 0.4) is 0 Å². The Morgan fingerprint density at radius 3 is 1.53 bits per heavy atom.